The van der Waals surface area contributed by atoms with Gasteiger partial charge in [0.2, 0.25) is 0 Å². The van der Waals surface area contributed by atoms with E-state index in [1.807, 2.05) is 18.2 Å². The zero-order chi connectivity index (χ0) is 37.0. The smallest absolute Gasteiger partial charge is 0.138 e. The highest BCUT2D eigenvalue weighted by Crippen LogP contribution is 2.41. The molecule has 0 saturated carbocycles. The molecule has 4 rings (SSSR count). The molecule has 2 atom stereocenters. The second-order valence-electron chi connectivity index (χ2n) is 14.0. The molecule has 4 aromatic carbocycles. The molecular formula is C47H54Cl2O2. The molecule has 0 aliphatic carbocycles. The first-order chi connectivity index (χ1) is 24.5. The fourth-order valence-corrected chi connectivity index (χ4v) is 6.94. The highest BCUT2D eigenvalue weighted by Gasteiger charge is 2.30. The molecule has 0 saturated heterocycles. The van der Waals surface area contributed by atoms with E-state index in [0.29, 0.717) is 29.7 Å². The van der Waals surface area contributed by atoms with Gasteiger partial charge in [0.25, 0.3) is 0 Å². The van der Waals surface area contributed by atoms with Crippen molar-refractivity contribution in [3.05, 3.63) is 169 Å². The van der Waals surface area contributed by atoms with Gasteiger partial charge in [-0.1, -0.05) is 147 Å². The number of aliphatic hydroxyl groups excluding tert-OH is 1. The molecule has 0 aromatic heterocycles. The molecule has 1 N–H and O–H groups in total. The van der Waals surface area contributed by atoms with Gasteiger partial charge in [0.15, 0.2) is 0 Å². The van der Waals surface area contributed by atoms with Gasteiger partial charge in [0.05, 0.1) is 5.02 Å². The molecule has 4 heteroatoms. The van der Waals surface area contributed by atoms with E-state index in [1.165, 1.54) is 33.4 Å². The number of benzene rings is 4. The second-order valence-corrected chi connectivity index (χ2v) is 14.9. The van der Waals surface area contributed by atoms with Gasteiger partial charge in [0.1, 0.15) is 12.4 Å². The van der Waals surface area contributed by atoms with Crippen molar-refractivity contribution < 1.29 is 9.84 Å². The Balaban J connectivity index is 1.47. The summed E-state index contributed by atoms with van der Waals surface area (Å²) in [6.07, 6.45) is 12.8. The zero-order valence-corrected chi connectivity index (χ0v) is 32.7. The average Bonchev–Trinajstić information content (AvgIpc) is 3.13. The molecular weight excluding hydrogens is 667 g/mol. The van der Waals surface area contributed by atoms with E-state index in [1.54, 1.807) is 0 Å². The number of ether oxygens (including phenoxy) is 1. The van der Waals surface area contributed by atoms with Crippen molar-refractivity contribution >= 4 is 35.4 Å². The summed E-state index contributed by atoms with van der Waals surface area (Å²) in [4.78, 5) is 0. The summed E-state index contributed by atoms with van der Waals surface area (Å²) in [5.41, 5.74) is 11.4. The number of aliphatic hydroxyl groups is 1. The first-order valence-corrected chi connectivity index (χ1v) is 18.9. The van der Waals surface area contributed by atoms with Crippen LogP contribution in [0.1, 0.15) is 105 Å². The maximum absolute atomic E-state index is 9.82. The quantitative estimate of drug-likeness (QED) is 0.110. The number of rotatable bonds is 17. The fourth-order valence-electron chi connectivity index (χ4n) is 6.43. The molecule has 0 aliphatic heterocycles. The van der Waals surface area contributed by atoms with Crippen LogP contribution in [-0.2, 0) is 11.8 Å². The Morgan fingerprint density at radius 1 is 0.882 bits per heavy atom. The maximum atomic E-state index is 9.82. The Labute approximate surface area is 317 Å². The van der Waals surface area contributed by atoms with E-state index < -0.39 is 5.41 Å². The topological polar surface area (TPSA) is 29.5 Å². The summed E-state index contributed by atoms with van der Waals surface area (Å²) in [7, 11) is 0. The number of halogens is 2. The first kappa shape index (κ1) is 40.0. The summed E-state index contributed by atoms with van der Waals surface area (Å²) in [5, 5.41) is 11.1. The average molecular weight is 722 g/mol. The number of allylic oxidation sites excluding steroid dienone is 3. The van der Waals surface area contributed by atoms with Crippen molar-refractivity contribution in [1.82, 2.24) is 0 Å². The van der Waals surface area contributed by atoms with Crippen molar-refractivity contribution in [1.29, 1.82) is 0 Å². The molecule has 51 heavy (non-hydrogen) atoms. The predicted molar refractivity (Wildman–Crippen MR) is 221 cm³/mol. The van der Waals surface area contributed by atoms with Crippen molar-refractivity contribution in [2.24, 2.45) is 0 Å². The van der Waals surface area contributed by atoms with Gasteiger partial charge in [-0.2, -0.15) is 0 Å². The van der Waals surface area contributed by atoms with Crippen LogP contribution in [0.5, 0.6) is 5.75 Å². The number of hydrogen-bond donors (Lipinski definition) is 1. The van der Waals surface area contributed by atoms with Gasteiger partial charge >= 0.3 is 0 Å². The van der Waals surface area contributed by atoms with E-state index in [9.17, 15) is 5.11 Å². The second kappa shape index (κ2) is 19.1. The molecule has 2 nitrogen and oxygen atoms in total. The molecule has 2 unspecified atom stereocenters. The van der Waals surface area contributed by atoms with Crippen LogP contribution >= 0.6 is 23.2 Å². The summed E-state index contributed by atoms with van der Waals surface area (Å²) >= 11 is 13.8. The molecule has 0 aliphatic rings. The van der Waals surface area contributed by atoms with Crippen LogP contribution in [-0.4, -0.2) is 18.3 Å². The minimum Gasteiger partial charge on any atom is -0.487 e. The molecule has 0 heterocycles. The van der Waals surface area contributed by atoms with Crippen LogP contribution in [0.3, 0.4) is 0 Å². The molecule has 0 radical (unpaired) electrons. The van der Waals surface area contributed by atoms with Gasteiger partial charge in [-0.3, -0.25) is 0 Å². The molecule has 4 aromatic rings. The summed E-state index contributed by atoms with van der Waals surface area (Å²) in [6.45, 7) is 17.8. The van der Waals surface area contributed by atoms with Crippen molar-refractivity contribution in [2.45, 2.75) is 85.0 Å². The van der Waals surface area contributed by atoms with Crippen LogP contribution in [0.25, 0.3) is 12.2 Å². The van der Waals surface area contributed by atoms with E-state index in [4.69, 9.17) is 27.9 Å². The van der Waals surface area contributed by atoms with Gasteiger partial charge < -0.3 is 9.84 Å². The third-order valence-corrected chi connectivity index (χ3v) is 10.8. The summed E-state index contributed by atoms with van der Waals surface area (Å²) in [5.74, 6) is 1.10. The Kier molecular flexibility index (Phi) is 15.0. The highest BCUT2D eigenvalue weighted by atomic mass is 35.5. The molecule has 0 bridgehead atoms. The van der Waals surface area contributed by atoms with Crippen molar-refractivity contribution in [3.63, 3.8) is 0 Å². The van der Waals surface area contributed by atoms with Gasteiger partial charge in [-0.25, -0.2) is 0 Å². The number of aryl methyl sites for hydroxylation is 2. The third kappa shape index (κ3) is 10.8. The fraction of sp³-hybridized carbons (Fsp3) is 0.319. The minimum atomic E-state index is -0.413. The van der Waals surface area contributed by atoms with Gasteiger partial charge in [-0.15, -0.1) is 0 Å². The lowest BCUT2D eigenvalue weighted by Crippen LogP contribution is -2.24. The van der Waals surface area contributed by atoms with Crippen molar-refractivity contribution in [2.75, 3.05) is 13.2 Å². The van der Waals surface area contributed by atoms with Crippen LogP contribution in [0, 0.1) is 6.92 Å². The summed E-state index contributed by atoms with van der Waals surface area (Å²) < 4.78 is 6.13. The lowest BCUT2D eigenvalue weighted by molar-refractivity contribution is 0.272. The van der Waals surface area contributed by atoms with Gasteiger partial charge in [-0.05, 0) is 127 Å². The standard InChI is InChI=1S/C47H54Cl2O2/c1-8-35(5)43-17-12-11-16-39(43)19-18-34(4)32-51-46-27-26-42(31-45(46)49)47(7,28-13-29-50)41-25-24-40(44(48)30-41)23-21-37(33(2)3)20-22-38-15-10-9-14-36(38)6/h9-12,14-20,22,24-27,30-31,35,50H,4,8,13,21,23,28-29,32H2,1-3,5-7H3/b19-18-,22-20-. The van der Waals surface area contributed by atoms with E-state index >= 15 is 0 Å². The van der Waals surface area contributed by atoms with Crippen LogP contribution < -0.4 is 4.74 Å². The minimum absolute atomic E-state index is 0.106. The molecule has 0 spiro atoms. The zero-order valence-electron chi connectivity index (χ0n) is 31.2. The lowest BCUT2D eigenvalue weighted by atomic mass is 9.73. The normalized spacial score (nSPS) is 13.4. The van der Waals surface area contributed by atoms with Crippen LogP contribution in [0.2, 0.25) is 10.0 Å². The van der Waals surface area contributed by atoms with Gasteiger partial charge in [0, 0.05) is 17.0 Å². The molecule has 0 amide bonds. The van der Waals surface area contributed by atoms with Crippen LogP contribution in [0.15, 0.2) is 120 Å². The van der Waals surface area contributed by atoms with E-state index in [-0.39, 0.29) is 6.61 Å². The van der Waals surface area contributed by atoms with Crippen LogP contribution in [0.4, 0.5) is 0 Å². The van der Waals surface area contributed by atoms with E-state index in [0.717, 1.165) is 53.0 Å². The predicted octanol–water partition coefficient (Wildman–Crippen LogP) is 13.5. The molecule has 268 valence electrons. The first-order valence-electron chi connectivity index (χ1n) is 18.1. The Morgan fingerprint density at radius 3 is 2.18 bits per heavy atom. The highest BCUT2D eigenvalue weighted by molar-refractivity contribution is 6.32. The number of hydrogen-bond acceptors (Lipinski definition) is 2. The Morgan fingerprint density at radius 2 is 1.53 bits per heavy atom. The monoisotopic (exact) mass is 720 g/mol. The Bertz CT molecular complexity index is 1880. The van der Waals surface area contributed by atoms with Crippen molar-refractivity contribution in [3.8, 4) is 5.75 Å². The summed E-state index contributed by atoms with van der Waals surface area (Å²) in [6, 6.07) is 29.3. The largest absolute Gasteiger partial charge is 0.487 e. The van der Waals surface area contributed by atoms with E-state index in [2.05, 4.69) is 139 Å². The lowest BCUT2D eigenvalue weighted by Gasteiger charge is -2.32. The maximum Gasteiger partial charge on any atom is 0.138 e. The molecule has 0 fully saturated rings. The third-order valence-electron chi connectivity index (χ3n) is 10.1. The Hall–Kier alpha value is -3.82. The SMILES string of the molecule is C=C(/C=C\c1ccccc1C(C)CC)COc1ccc(C(C)(CCCO)c2ccc(CCC(/C=C\c3ccccc3C)=C(C)C)c(Cl)c2)cc1Cl.